The monoisotopic (exact) mass is 444 g/mol. The van der Waals surface area contributed by atoms with Crippen LogP contribution in [0.4, 0.5) is 30.7 Å². The number of hydrogen-bond donors (Lipinski definition) is 0. The number of ether oxygens (including phenoxy) is 1. The maximum absolute atomic E-state index is 14.6. The Balaban J connectivity index is 1.87. The van der Waals surface area contributed by atoms with Gasteiger partial charge in [-0.15, -0.1) is 0 Å². The molecule has 0 N–H and O–H groups in total. The molecule has 0 amide bonds. The first-order chi connectivity index (χ1) is 14.5. The van der Waals surface area contributed by atoms with Crippen molar-refractivity contribution in [3.8, 4) is 17.6 Å². The van der Waals surface area contributed by atoms with Crippen molar-refractivity contribution in [2.75, 3.05) is 0 Å². The van der Waals surface area contributed by atoms with Gasteiger partial charge >= 0.3 is 12.3 Å². The molecule has 8 heteroatoms. The number of halogens is 7. The van der Waals surface area contributed by atoms with Crippen LogP contribution in [0.25, 0.3) is 10.8 Å². The van der Waals surface area contributed by atoms with Crippen molar-refractivity contribution in [3.63, 3.8) is 0 Å². The van der Waals surface area contributed by atoms with Crippen LogP contribution in [-0.4, -0.2) is 12.3 Å². The van der Waals surface area contributed by atoms with Crippen LogP contribution in [0.2, 0.25) is 0 Å². The zero-order valence-electron chi connectivity index (χ0n) is 16.6. The maximum atomic E-state index is 14.6. The fourth-order valence-corrected chi connectivity index (χ4v) is 3.66. The summed E-state index contributed by atoms with van der Waals surface area (Å²) >= 11 is 0. The summed E-state index contributed by atoms with van der Waals surface area (Å²) in [7, 11) is 0. The van der Waals surface area contributed by atoms with E-state index in [9.17, 15) is 30.7 Å². The molecule has 0 radical (unpaired) electrons. The summed E-state index contributed by atoms with van der Waals surface area (Å²) in [6.07, 6.45) is -3.71. The lowest BCUT2D eigenvalue weighted by Crippen LogP contribution is -2.29. The zero-order valence-corrected chi connectivity index (χ0v) is 16.6. The smallest absolute Gasteiger partial charge is 0.429 e. The van der Waals surface area contributed by atoms with Gasteiger partial charge in [-0.3, -0.25) is 0 Å². The largest absolute Gasteiger partial charge is 0.458 e. The first-order valence-electron chi connectivity index (χ1n) is 9.78. The van der Waals surface area contributed by atoms with Gasteiger partial charge in [0.2, 0.25) is 0 Å². The molecular formula is C23H19F7O. The maximum Gasteiger partial charge on any atom is 0.458 e. The van der Waals surface area contributed by atoms with Gasteiger partial charge in [-0.1, -0.05) is 31.8 Å². The lowest BCUT2D eigenvalue weighted by molar-refractivity contribution is -0.145. The second-order valence-electron chi connectivity index (χ2n) is 7.46. The third-order valence-corrected chi connectivity index (χ3v) is 5.17. The molecule has 0 fully saturated rings. The Bertz CT molecular complexity index is 1060. The average molecular weight is 444 g/mol. The third kappa shape index (κ3) is 5.52. The van der Waals surface area contributed by atoms with Crippen molar-refractivity contribution in [1.29, 1.82) is 0 Å². The van der Waals surface area contributed by atoms with E-state index >= 15 is 0 Å². The van der Waals surface area contributed by atoms with E-state index in [0.29, 0.717) is 18.8 Å². The van der Waals surface area contributed by atoms with Crippen LogP contribution >= 0.6 is 0 Å². The Morgan fingerprint density at radius 3 is 2.45 bits per heavy atom. The lowest BCUT2D eigenvalue weighted by Gasteiger charge is -2.27. The van der Waals surface area contributed by atoms with Crippen LogP contribution in [0.5, 0.6) is 5.75 Å². The number of hydrogen-bond acceptors (Lipinski definition) is 1. The molecule has 31 heavy (non-hydrogen) atoms. The fraction of sp³-hybridized carbons (Fsp3) is 0.391. The van der Waals surface area contributed by atoms with E-state index in [1.807, 2.05) is 6.92 Å². The predicted molar refractivity (Wildman–Crippen MR) is 103 cm³/mol. The molecule has 1 nitrogen and oxygen atoms in total. The summed E-state index contributed by atoms with van der Waals surface area (Å²) in [4.78, 5) is 0. The third-order valence-electron chi connectivity index (χ3n) is 5.17. The molecule has 0 heterocycles. The van der Waals surface area contributed by atoms with E-state index in [-0.39, 0.29) is 28.5 Å². The standard InChI is InChI=1S/C23H19F7O/c1-2-3-14-4-6-16(7-5-14)23(29,30)31-17-8-9-18-15(12-17)13-20(24)19(21(18)25)10-11-22(26,27)28/h6,8-9,12-14H,2-5,7H2,1H3. The summed E-state index contributed by atoms with van der Waals surface area (Å²) in [6, 6.07) is 3.85. The highest BCUT2D eigenvalue weighted by Crippen LogP contribution is 2.38. The minimum atomic E-state index is -4.92. The highest BCUT2D eigenvalue weighted by molar-refractivity contribution is 5.86. The summed E-state index contributed by atoms with van der Waals surface area (Å²) in [5.41, 5.74) is -1.19. The number of fused-ring (bicyclic) bond motifs is 1. The number of benzene rings is 2. The van der Waals surface area contributed by atoms with Gasteiger partial charge in [0.15, 0.2) is 0 Å². The van der Waals surface area contributed by atoms with Crippen molar-refractivity contribution in [2.24, 2.45) is 5.92 Å². The Hall–Kier alpha value is -2.69. The molecule has 0 bridgehead atoms. The Morgan fingerprint density at radius 2 is 1.84 bits per heavy atom. The second-order valence-corrected chi connectivity index (χ2v) is 7.46. The van der Waals surface area contributed by atoms with E-state index in [2.05, 4.69) is 0 Å². The van der Waals surface area contributed by atoms with Crippen molar-refractivity contribution in [2.45, 2.75) is 51.3 Å². The van der Waals surface area contributed by atoms with Gasteiger partial charge in [0.05, 0.1) is 5.56 Å². The molecule has 0 spiro atoms. The molecule has 1 aliphatic rings. The minimum Gasteiger partial charge on any atom is -0.429 e. The Kier molecular flexibility index (Phi) is 6.54. The highest BCUT2D eigenvalue weighted by atomic mass is 19.4. The summed E-state index contributed by atoms with van der Waals surface area (Å²) in [5, 5.41) is -0.399. The summed E-state index contributed by atoms with van der Waals surface area (Å²) in [5.74, 6) is -0.334. The van der Waals surface area contributed by atoms with Crippen molar-refractivity contribution < 1.29 is 35.5 Å². The average Bonchev–Trinajstić information content (AvgIpc) is 2.67. The molecule has 2 aromatic carbocycles. The second kappa shape index (κ2) is 8.81. The van der Waals surface area contributed by atoms with Gasteiger partial charge < -0.3 is 4.74 Å². The van der Waals surface area contributed by atoms with Gasteiger partial charge in [-0.25, -0.2) is 8.78 Å². The van der Waals surface area contributed by atoms with Crippen LogP contribution in [0.1, 0.15) is 44.6 Å². The molecule has 166 valence electrons. The summed E-state index contributed by atoms with van der Waals surface area (Å²) < 4.78 is 99.2. The summed E-state index contributed by atoms with van der Waals surface area (Å²) in [6.45, 7) is 2.04. The predicted octanol–water partition coefficient (Wildman–Crippen LogP) is 7.53. The normalized spacial score (nSPS) is 17.2. The van der Waals surface area contributed by atoms with Gasteiger partial charge in [0.25, 0.3) is 0 Å². The first-order valence-corrected chi connectivity index (χ1v) is 9.78. The number of allylic oxidation sites excluding steroid dienone is 1. The minimum absolute atomic E-state index is 0.138. The van der Waals surface area contributed by atoms with Crippen LogP contribution in [-0.2, 0) is 0 Å². The molecule has 2 aromatic rings. The number of rotatable bonds is 5. The van der Waals surface area contributed by atoms with Crippen LogP contribution in [0.3, 0.4) is 0 Å². The Morgan fingerprint density at radius 1 is 1.10 bits per heavy atom. The van der Waals surface area contributed by atoms with Crippen molar-refractivity contribution >= 4 is 10.8 Å². The van der Waals surface area contributed by atoms with Gasteiger partial charge in [0.1, 0.15) is 17.4 Å². The molecule has 1 aliphatic carbocycles. The van der Waals surface area contributed by atoms with Gasteiger partial charge in [0, 0.05) is 16.9 Å². The fourth-order valence-electron chi connectivity index (χ4n) is 3.66. The van der Waals surface area contributed by atoms with E-state index in [1.54, 1.807) is 0 Å². The first kappa shape index (κ1) is 23.0. The molecule has 3 rings (SSSR count). The number of alkyl halides is 5. The lowest BCUT2D eigenvalue weighted by atomic mass is 9.86. The highest BCUT2D eigenvalue weighted by Gasteiger charge is 2.38. The Labute approximate surface area is 174 Å². The quantitative estimate of drug-likeness (QED) is 0.263. The van der Waals surface area contributed by atoms with E-state index in [1.165, 1.54) is 12.0 Å². The van der Waals surface area contributed by atoms with Gasteiger partial charge in [-0.05, 0) is 54.8 Å². The molecule has 0 saturated carbocycles. The SMILES string of the molecule is CCCC1CC=C(C(F)(F)Oc2ccc3c(F)c(C#CC(F)(F)F)c(F)cc3c2)CC1. The molecule has 1 unspecified atom stereocenters. The van der Waals surface area contributed by atoms with Crippen LogP contribution in [0.15, 0.2) is 35.9 Å². The van der Waals surface area contributed by atoms with Crippen LogP contribution < -0.4 is 4.74 Å². The molecular weight excluding hydrogens is 425 g/mol. The molecule has 0 saturated heterocycles. The molecule has 1 atom stereocenters. The van der Waals surface area contributed by atoms with Crippen LogP contribution in [0, 0.1) is 29.4 Å². The zero-order chi connectivity index (χ0) is 22.8. The van der Waals surface area contributed by atoms with Crippen molar-refractivity contribution in [3.05, 3.63) is 53.1 Å². The van der Waals surface area contributed by atoms with Crippen molar-refractivity contribution in [1.82, 2.24) is 0 Å². The van der Waals surface area contributed by atoms with E-state index in [0.717, 1.165) is 43.0 Å². The topological polar surface area (TPSA) is 9.23 Å². The van der Waals surface area contributed by atoms with Gasteiger partial charge in [-0.2, -0.15) is 22.0 Å². The molecule has 0 aliphatic heterocycles. The molecule has 0 aromatic heterocycles. The van der Waals surface area contributed by atoms with E-state index in [4.69, 9.17) is 4.74 Å². The van der Waals surface area contributed by atoms with E-state index < -0.39 is 29.5 Å².